The van der Waals surface area contributed by atoms with Gasteiger partial charge in [0.05, 0.1) is 33.0 Å². The van der Waals surface area contributed by atoms with Crippen LogP contribution < -0.4 is 9.13 Å². The Labute approximate surface area is 298 Å². The molecule has 0 saturated heterocycles. The zero-order chi connectivity index (χ0) is 35.8. The SMILES string of the molecule is CC(C)(C)CN1c2ccccc2N(CC(C)(C)C)[Si]12P(C([Si](C)(C)C)[Si](C)(C)C)N=C(c1ccccc1)P2C([Si](C)(C)C)[Si](C)(C)C. The molecule has 4 rings (SSSR count). The summed E-state index contributed by atoms with van der Waals surface area (Å²) in [6.07, 6.45) is 0. The second kappa shape index (κ2) is 13.0. The highest BCUT2D eigenvalue weighted by Crippen LogP contribution is 2.82. The lowest BCUT2D eigenvalue weighted by Gasteiger charge is -2.57. The molecule has 0 bridgehead atoms. The first kappa shape index (κ1) is 39.4. The van der Waals surface area contributed by atoms with E-state index in [1.54, 1.807) is 5.45 Å². The molecule has 2 aliphatic rings. The fourth-order valence-electron chi connectivity index (χ4n) is 9.11. The number of hydrogen-bond acceptors (Lipinski definition) is 3. The molecule has 1 spiro atoms. The smallest absolute Gasteiger partial charge is 0.345 e. The lowest BCUT2D eigenvalue weighted by Crippen LogP contribution is -2.69. The molecule has 0 amide bonds. The Bertz CT molecular complexity index is 1370. The summed E-state index contributed by atoms with van der Waals surface area (Å²) < 4.78 is 12.9. The number of nitrogens with zero attached hydrogens (tertiary/aromatic N) is 3. The molecular weight excluding hydrogens is 689 g/mol. The normalized spacial score (nSPS) is 20.9. The first-order valence-corrected chi connectivity index (χ1v) is 38.6. The monoisotopic (exact) mass is 757 g/mol. The maximum Gasteiger partial charge on any atom is 0.345 e. The molecule has 0 fully saturated rings. The number of hydrogen-bond donors (Lipinski definition) is 0. The fourth-order valence-corrected chi connectivity index (χ4v) is 90.0. The third kappa shape index (κ3) is 7.94. The van der Waals surface area contributed by atoms with E-state index in [1.807, 2.05) is 0 Å². The summed E-state index contributed by atoms with van der Waals surface area (Å²) in [5, 5.41) is 0. The average Bonchev–Trinajstić information content (AvgIpc) is 3.29. The molecular formula is C37H69N3P2Si5. The second-order valence-corrected chi connectivity index (χ2v) is 58.5. The highest BCUT2D eigenvalue weighted by Gasteiger charge is 2.74. The van der Waals surface area contributed by atoms with Crippen LogP contribution >= 0.6 is 15.1 Å². The number of anilines is 2. The molecule has 0 saturated carbocycles. The van der Waals surface area contributed by atoms with Gasteiger partial charge in [-0.1, -0.05) is 163 Å². The molecule has 2 aromatic carbocycles. The van der Waals surface area contributed by atoms with Crippen molar-refractivity contribution in [3.05, 3.63) is 60.2 Å². The van der Waals surface area contributed by atoms with Crippen molar-refractivity contribution in [2.75, 3.05) is 22.2 Å². The van der Waals surface area contributed by atoms with Crippen molar-refractivity contribution in [3.8, 4) is 0 Å². The molecule has 47 heavy (non-hydrogen) atoms. The Morgan fingerprint density at radius 2 is 0.936 bits per heavy atom. The third-order valence-corrected chi connectivity index (χ3v) is 60.5. The van der Waals surface area contributed by atoms with Crippen LogP contribution in [0.15, 0.2) is 59.4 Å². The van der Waals surface area contributed by atoms with Crippen LogP contribution in [-0.2, 0) is 0 Å². The van der Waals surface area contributed by atoms with Gasteiger partial charge in [0.2, 0.25) is 0 Å². The number of rotatable bonds is 9. The molecule has 2 heterocycles. The van der Waals surface area contributed by atoms with Crippen LogP contribution in [0.2, 0.25) is 78.6 Å². The van der Waals surface area contributed by atoms with E-state index in [9.17, 15) is 0 Å². The summed E-state index contributed by atoms with van der Waals surface area (Å²) in [4.78, 5) is 1.54. The van der Waals surface area contributed by atoms with Crippen molar-refractivity contribution in [2.45, 2.75) is 130 Å². The molecule has 10 heteroatoms. The second-order valence-electron chi connectivity index (χ2n) is 21.2. The minimum absolute atomic E-state index is 0.171. The lowest BCUT2D eigenvalue weighted by atomic mass is 9.96. The fraction of sp³-hybridized carbons (Fsp3) is 0.649. The van der Waals surface area contributed by atoms with E-state index >= 15 is 0 Å². The quantitative estimate of drug-likeness (QED) is 0.187. The van der Waals surface area contributed by atoms with Gasteiger partial charge in [0.1, 0.15) is 0 Å². The minimum atomic E-state index is -2.59. The van der Waals surface area contributed by atoms with E-state index in [1.165, 1.54) is 16.9 Å². The first-order valence-electron chi connectivity index (χ1n) is 18.0. The van der Waals surface area contributed by atoms with Crippen LogP contribution in [0.5, 0.6) is 0 Å². The van der Waals surface area contributed by atoms with Gasteiger partial charge >= 0.3 is 7.73 Å². The van der Waals surface area contributed by atoms with E-state index in [0.717, 1.165) is 22.9 Å². The predicted molar refractivity (Wildman–Crippen MR) is 234 cm³/mol. The number of benzene rings is 2. The molecule has 3 nitrogen and oxygen atoms in total. The van der Waals surface area contributed by atoms with Crippen LogP contribution in [0.1, 0.15) is 47.1 Å². The van der Waals surface area contributed by atoms with Crippen LogP contribution in [0.25, 0.3) is 0 Å². The Hall–Kier alpha value is -0.346. The number of fused-ring (bicyclic) bond motifs is 1. The largest absolute Gasteiger partial charge is 0.371 e. The molecule has 262 valence electrons. The molecule has 2 aromatic rings. The van der Waals surface area contributed by atoms with Crippen molar-refractivity contribution in [2.24, 2.45) is 15.6 Å². The molecule has 2 atom stereocenters. The number of para-hydroxylation sites is 2. The molecule has 2 aliphatic heterocycles. The van der Waals surface area contributed by atoms with Crippen molar-refractivity contribution < 1.29 is 0 Å². The van der Waals surface area contributed by atoms with E-state index in [-0.39, 0.29) is 10.8 Å². The Morgan fingerprint density at radius 3 is 1.28 bits per heavy atom. The van der Waals surface area contributed by atoms with Gasteiger partial charge in [-0.25, -0.2) is 0 Å². The van der Waals surface area contributed by atoms with Crippen LogP contribution in [0.3, 0.4) is 0 Å². The van der Waals surface area contributed by atoms with Crippen molar-refractivity contribution in [3.63, 3.8) is 0 Å². The van der Waals surface area contributed by atoms with Gasteiger partial charge in [0, 0.05) is 42.4 Å². The third-order valence-electron chi connectivity index (χ3n) is 9.33. The molecule has 0 N–H and O–H groups in total. The Morgan fingerprint density at radius 1 is 0.574 bits per heavy atom. The van der Waals surface area contributed by atoms with E-state index in [2.05, 4.69) is 184 Å². The van der Waals surface area contributed by atoms with Gasteiger partial charge in [0.15, 0.2) is 0 Å². The van der Waals surface area contributed by atoms with Gasteiger partial charge in [-0.15, -0.1) is 0 Å². The summed E-state index contributed by atoms with van der Waals surface area (Å²) in [6, 6.07) is 21.3. The molecule has 0 aromatic heterocycles. The average molecular weight is 758 g/mol. The van der Waals surface area contributed by atoms with E-state index in [4.69, 9.17) is 4.76 Å². The molecule has 2 unspecified atom stereocenters. The van der Waals surface area contributed by atoms with Crippen LogP contribution in [0, 0.1) is 10.8 Å². The summed E-state index contributed by atoms with van der Waals surface area (Å²) in [6.45, 7) is 49.8. The van der Waals surface area contributed by atoms with Crippen LogP contribution in [0.4, 0.5) is 11.4 Å². The zero-order valence-corrected chi connectivity index (χ0v) is 40.3. The minimum Gasteiger partial charge on any atom is -0.371 e. The van der Waals surface area contributed by atoms with Crippen molar-refractivity contribution in [1.29, 1.82) is 0 Å². The van der Waals surface area contributed by atoms with Gasteiger partial charge < -0.3 is 9.13 Å². The highest BCUT2D eigenvalue weighted by atomic mass is 31.7. The van der Waals surface area contributed by atoms with Gasteiger partial charge in [-0.2, -0.15) is 0 Å². The van der Waals surface area contributed by atoms with Gasteiger partial charge in [-0.3, -0.25) is 4.76 Å². The van der Waals surface area contributed by atoms with E-state index < -0.39 is 55.1 Å². The Kier molecular flexibility index (Phi) is 10.9. The van der Waals surface area contributed by atoms with Crippen molar-refractivity contribution in [1.82, 2.24) is 0 Å². The predicted octanol–water partition coefficient (Wildman–Crippen LogP) is 12.4. The van der Waals surface area contributed by atoms with Gasteiger partial charge in [-0.05, 0) is 40.2 Å². The van der Waals surface area contributed by atoms with E-state index in [0.29, 0.717) is 0 Å². The molecule has 0 aliphatic carbocycles. The Balaban J connectivity index is 2.32. The van der Waals surface area contributed by atoms with Gasteiger partial charge in [0.25, 0.3) is 0 Å². The van der Waals surface area contributed by atoms with Crippen molar-refractivity contribution >= 4 is 71.9 Å². The summed E-state index contributed by atoms with van der Waals surface area (Å²) in [5.41, 5.74) is 6.40. The zero-order valence-electron chi connectivity index (χ0n) is 33.5. The molecule has 0 radical (unpaired) electrons. The highest BCUT2D eigenvalue weighted by molar-refractivity contribution is 8.35. The maximum atomic E-state index is 6.50. The lowest BCUT2D eigenvalue weighted by molar-refractivity contribution is 0.425. The summed E-state index contributed by atoms with van der Waals surface area (Å²) in [7, 11) is -10.4. The first-order chi connectivity index (χ1) is 21.1. The summed E-state index contributed by atoms with van der Waals surface area (Å²) in [5.74, 6) is 0. The topological polar surface area (TPSA) is 18.8 Å². The standard InChI is InChI=1S/C37H69N3P2Si5/c1-36(2,3)28-39-31-26-22-23-27-32(31)40(29-37(4,5)6)47(39)41(34(43(7,8)9)44(10,11)12)33(30-24-20-19-21-25-30)38-42(47)35(45(13,14)15)46(16,17)18/h19-27,34-35H,28-29H2,1-18H3. The summed E-state index contributed by atoms with van der Waals surface area (Å²) >= 11 is 0. The van der Waals surface area contributed by atoms with Crippen LogP contribution in [-0.4, -0.2) is 68.4 Å². The maximum absolute atomic E-state index is 6.50.